The number of halogens is 3. The van der Waals surface area contributed by atoms with E-state index in [-0.39, 0.29) is 5.82 Å². The van der Waals surface area contributed by atoms with Gasteiger partial charge < -0.3 is 9.88 Å². The average Bonchev–Trinajstić information content (AvgIpc) is 2.88. The van der Waals surface area contributed by atoms with Gasteiger partial charge in [-0.3, -0.25) is 0 Å². The standard InChI is InChI=1S/C17H14BrClFN3/c1-23-16(11-4-2-5-12(19)8-11)10-22-17(23)21-9-13-14(18)6-3-7-15(13)20/h2-8,10H,9H2,1H3,(H,21,22). The highest BCUT2D eigenvalue weighted by atomic mass is 79.9. The number of imidazole rings is 1. The molecule has 0 spiro atoms. The van der Waals surface area contributed by atoms with E-state index in [1.165, 1.54) is 6.07 Å². The van der Waals surface area contributed by atoms with Gasteiger partial charge >= 0.3 is 0 Å². The zero-order chi connectivity index (χ0) is 16.4. The summed E-state index contributed by atoms with van der Waals surface area (Å²) < 4.78 is 16.5. The summed E-state index contributed by atoms with van der Waals surface area (Å²) in [6.07, 6.45) is 1.77. The second-order valence-corrected chi connectivity index (χ2v) is 6.38. The van der Waals surface area contributed by atoms with Crippen molar-refractivity contribution in [2.24, 2.45) is 7.05 Å². The van der Waals surface area contributed by atoms with Crippen LogP contribution in [0.4, 0.5) is 10.3 Å². The molecule has 0 aliphatic carbocycles. The van der Waals surface area contributed by atoms with Crippen LogP contribution in [0.15, 0.2) is 53.1 Å². The predicted molar refractivity (Wildman–Crippen MR) is 95.1 cm³/mol. The third-order valence-corrected chi connectivity index (χ3v) is 4.57. The molecule has 118 valence electrons. The van der Waals surface area contributed by atoms with Gasteiger partial charge in [0.2, 0.25) is 5.95 Å². The Hall–Kier alpha value is -1.85. The summed E-state index contributed by atoms with van der Waals surface area (Å²) in [5, 5.41) is 3.84. The van der Waals surface area contributed by atoms with Crippen molar-refractivity contribution in [3.8, 4) is 11.3 Å². The first kappa shape index (κ1) is 16.0. The molecule has 6 heteroatoms. The van der Waals surface area contributed by atoms with Crippen LogP contribution in [0, 0.1) is 5.82 Å². The van der Waals surface area contributed by atoms with Crippen molar-refractivity contribution < 1.29 is 4.39 Å². The summed E-state index contributed by atoms with van der Waals surface area (Å²) >= 11 is 9.40. The van der Waals surface area contributed by atoms with Crippen molar-refractivity contribution in [1.82, 2.24) is 9.55 Å². The van der Waals surface area contributed by atoms with E-state index < -0.39 is 0 Å². The van der Waals surface area contributed by atoms with E-state index >= 15 is 0 Å². The van der Waals surface area contributed by atoms with Gasteiger partial charge in [-0.15, -0.1) is 0 Å². The molecule has 1 heterocycles. The summed E-state index contributed by atoms with van der Waals surface area (Å²) in [5.74, 6) is 0.409. The molecule has 3 rings (SSSR count). The molecule has 0 saturated heterocycles. The molecular formula is C17H14BrClFN3. The van der Waals surface area contributed by atoms with Crippen LogP contribution < -0.4 is 5.32 Å². The van der Waals surface area contributed by atoms with Gasteiger partial charge in [0.15, 0.2) is 0 Å². The van der Waals surface area contributed by atoms with Gasteiger partial charge in [-0.05, 0) is 24.3 Å². The smallest absolute Gasteiger partial charge is 0.203 e. The molecule has 3 aromatic rings. The van der Waals surface area contributed by atoms with E-state index in [0.717, 1.165) is 15.7 Å². The fourth-order valence-electron chi connectivity index (χ4n) is 2.36. The van der Waals surface area contributed by atoms with Crippen LogP contribution in [0.2, 0.25) is 5.02 Å². The number of nitrogens with one attached hydrogen (secondary N) is 1. The maximum absolute atomic E-state index is 13.9. The van der Waals surface area contributed by atoms with Crippen LogP contribution in [-0.4, -0.2) is 9.55 Å². The second-order valence-electron chi connectivity index (χ2n) is 5.09. The fourth-order valence-corrected chi connectivity index (χ4v) is 3.03. The van der Waals surface area contributed by atoms with Crippen molar-refractivity contribution in [2.45, 2.75) is 6.54 Å². The van der Waals surface area contributed by atoms with Gasteiger partial charge in [0.1, 0.15) is 5.82 Å². The van der Waals surface area contributed by atoms with Crippen LogP contribution in [0.3, 0.4) is 0 Å². The van der Waals surface area contributed by atoms with Crippen molar-refractivity contribution in [2.75, 3.05) is 5.32 Å². The predicted octanol–water partition coefficient (Wildman–Crippen LogP) is 5.25. The molecule has 0 fully saturated rings. The lowest BCUT2D eigenvalue weighted by atomic mass is 10.2. The lowest BCUT2D eigenvalue weighted by molar-refractivity contribution is 0.611. The zero-order valence-corrected chi connectivity index (χ0v) is 14.7. The minimum atomic E-state index is -0.254. The summed E-state index contributed by atoms with van der Waals surface area (Å²) in [4.78, 5) is 4.37. The molecule has 1 aromatic heterocycles. The molecule has 0 bridgehead atoms. The molecule has 0 radical (unpaired) electrons. The first-order valence-electron chi connectivity index (χ1n) is 7.00. The highest BCUT2D eigenvalue weighted by Crippen LogP contribution is 2.25. The van der Waals surface area contributed by atoms with Crippen molar-refractivity contribution in [3.63, 3.8) is 0 Å². The second kappa shape index (κ2) is 6.72. The molecular weight excluding hydrogens is 381 g/mol. The summed E-state index contributed by atoms with van der Waals surface area (Å²) in [5.41, 5.74) is 2.48. The van der Waals surface area contributed by atoms with Crippen LogP contribution in [-0.2, 0) is 13.6 Å². The van der Waals surface area contributed by atoms with Crippen LogP contribution >= 0.6 is 27.5 Å². The minimum absolute atomic E-state index is 0.254. The highest BCUT2D eigenvalue weighted by Gasteiger charge is 2.11. The Morgan fingerprint density at radius 1 is 1.26 bits per heavy atom. The van der Waals surface area contributed by atoms with Gasteiger partial charge in [-0.25, -0.2) is 9.37 Å². The number of hydrogen-bond acceptors (Lipinski definition) is 2. The van der Waals surface area contributed by atoms with Crippen LogP contribution in [0.1, 0.15) is 5.56 Å². The monoisotopic (exact) mass is 393 g/mol. The SMILES string of the molecule is Cn1c(-c2cccc(Cl)c2)cnc1NCc1c(F)cccc1Br. The van der Waals surface area contributed by atoms with E-state index in [9.17, 15) is 4.39 Å². The number of aromatic nitrogens is 2. The van der Waals surface area contributed by atoms with Gasteiger partial charge in [0.25, 0.3) is 0 Å². The number of hydrogen-bond donors (Lipinski definition) is 1. The molecule has 0 aliphatic heterocycles. The maximum atomic E-state index is 13.9. The minimum Gasteiger partial charge on any atom is -0.351 e. The van der Waals surface area contributed by atoms with E-state index in [1.54, 1.807) is 12.3 Å². The van der Waals surface area contributed by atoms with E-state index in [4.69, 9.17) is 11.6 Å². The molecule has 23 heavy (non-hydrogen) atoms. The fraction of sp³-hybridized carbons (Fsp3) is 0.118. The Morgan fingerprint density at radius 3 is 2.78 bits per heavy atom. The average molecular weight is 395 g/mol. The summed E-state index contributed by atoms with van der Waals surface area (Å²) in [6.45, 7) is 0.340. The molecule has 3 nitrogen and oxygen atoms in total. The number of nitrogens with zero attached hydrogens (tertiary/aromatic N) is 2. The topological polar surface area (TPSA) is 29.9 Å². The van der Waals surface area contributed by atoms with Gasteiger partial charge in [0, 0.05) is 34.2 Å². The molecule has 0 saturated carbocycles. The maximum Gasteiger partial charge on any atom is 0.203 e. The number of anilines is 1. The van der Waals surface area contributed by atoms with E-state index in [0.29, 0.717) is 23.1 Å². The first-order valence-corrected chi connectivity index (χ1v) is 8.18. The largest absolute Gasteiger partial charge is 0.351 e. The molecule has 0 aliphatic rings. The van der Waals surface area contributed by atoms with Crippen molar-refractivity contribution in [3.05, 3.63) is 69.5 Å². The molecule has 1 N–H and O–H groups in total. The lowest BCUT2D eigenvalue weighted by Gasteiger charge is -2.10. The van der Waals surface area contributed by atoms with Crippen molar-refractivity contribution in [1.29, 1.82) is 0 Å². The van der Waals surface area contributed by atoms with Crippen LogP contribution in [0.25, 0.3) is 11.3 Å². The Kier molecular flexibility index (Phi) is 4.68. The first-order chi connectivity index (χ1) is 11.1. The number of benzene rings is 2. The molecule has 0 atom stereocenters. The Morgan fingerprint density at radius 2 is 2.04 bits per heavy atom. The van der Waals surface area contributed by atoms with Crippen LogP contribution in [0.5, 0.6) is 0 Å². The lowest BCUT2D eigenvalue weighted by Crippen LogP contribution is -2.07. The normalized spacial score (nSPS) is 10.8. The summed E-state index contributed by atoms with van der Waals surface area (Å²) in [6, 6.07) is 12.5. The van der Waals surface area contributed by atoms with E-state index in [1.807, 2.05) is 41.9 Å². The Labute approximate surface area is 147 Å². The highest BCUT2D eigenvalue weighted by molar-refractivity contribution is 9.10. The Balaban J connectivity index is 1.83. The number of rotatable bonds is 4. The Bertz CT molecular complexity index is 827. The quantitative estimate of drug-likeness (QED) is 0.654. The van der Waals surface area contributed by atoms with Crippen molar-refractivity contribution >= 4 is 33.5 Å². The zero-order valence-electron chi connectivity index (χ0n) is 12.4. The molecule has 0 unspecified atom stereocenters. The third-order valence-electron chi connectivity index (χ3n) is 3.59. The van der Waals surface area contributed by atoms with Gasteiger partial charge in [-0.1, -0.05) is 45.7 Å². The van der Waals surface area contributed by atoms with Gasteiger partial charge in [-0.2, -0.15) is 0 Å². The third kappa shape index (κ3) is 3.41. The molecule has 0 amide bonds. The molecule has 2 aromatic carbocycles. The summed E-state index contributed by atoms with van der Waals surface area (Å²) in [7, 11) is 1.90. The van der Waals surface area contributed by atoms with E-state index in [2.05, 4.69) is 26.2 Å². The van der Waals surface area contributed by atoms with Gasteiger partial charge in [0.05, 0.1) is 11.9 Å².